The van der Waals surface area contributed by atoms with E-state index in [4.69, 9.17) is 11.6 Å². The highest BCUT2D eigenvalue weighted by molar-refractivity contribution is 6.31. The number of hydrogen-bond acceptors (Lipinski definition) is 5. The Morgan fingerprint density at radius 2 is 2.13 bits per heavy atom. The van der Waals surface area contributed by atoms with E-state index in [1.165, 1.54) is 0 Å². The minimum absolute atomic E-state index is 0.0316. The fourth-order valence-electron chi connectivity index (χ4n) is 4.56. The Hall–Kier alpha value is -2.48. The van der Waals surface area contributed by atoms with Crippen LogP contribution in [0.3, 0.4) is 0 Å². The summed E-state index contributed by atoms with van der Waals surface area (Å²) in [5.74, 6) is -1.19. The van der Waals surface area contributed by atoms with E-state index < -0.39 is 5.97 Å². The molecule has 1 fully saturated rings. The molecule has 1 saturated heterocycles. The number of hydrogen-bond donors (Lipinski definition) is 2. The molecular weight excluding hydrogens is 416 g/mol. The average molecular weight is 443 g/mol. The number of aliphatic hydroxyl groups excluding tert-OH is 1. The molecule has 0 amide bonds. The Bertz CT molecular complexity index is 1110. The highest BCUT2D eigenvalue weighted by Crippen LogP contribution is 2.35. The molecule has 2 unspecified atom stereocenters. The Labute approximate surface area is 186 Å². The van der Waals surface area contributed by atoms with Gasteiger partial charge in [0, 0.05) is 31.1 Å². The minimum atomic E-state index is -0.862. The van der Waals surface area contributed by atoms with Crippen molar-refractivity contribution < 1.29 is 15.0 Å². The first kappa shape index (κ1) is 21.7. The van der Waals surface area contributed by atoms with Gasteiger partial charge in [0.25, 0.3) is 0 Å². The smallest absolute Gasteiger partial charge is 0.304 e. The number of likely N-dealkylation sites (tertiary alicyclic amines) is 1. The van der Waals surface area contributed by atoms with Gasteiger partial charge >= 0.3 is 5.97 Å². The molecule has 0 saturated carbocycles. The normalized spacial score (nSPS) is 18.4. The number of halogens is 1. The lowest BCUT2D eigenvalue weighted by Crippen LogP contribution is -2.37. The van der Waals surface area contributed by atoms with E-state index in [-0.39, 0.29) is 18.4 Å². The molecule has 2 atom stereocenters. The first-order valence-electron chi connectivity index (χ1n) is 10.5. The lowest BCUT2D eigenvalue weighted by molar-refractivity contribution is -0.137. The summed E-state index contributed by atoms with van der Waals surface area (Å²) in [6.45, 7) is 4.14. The van der Waals surface area contributed by atoms with Crippen LogP contribution in [0.5, 0.6) is 0 Å². The molecule has 0 spiro atoms. The van der Waals surface area contributed by atoms with Gasteiger partial charge in [-0.2, -0.15) is 0 Å². The zero-order chi connectivity index (χ0) is 22.1. The average Bonchev–Trinajstić information content (AvgIpc) is 3.10. The quantitative estimate of drug-likeness (QED) is 0.607. The van der Waals surface area contributed by atoms with Crippen molar-refractivity contribution in [1.82, 2.24) is 19.9 Å². The molecule has 2 heterocycles. The number of aliphatic carboxylic acids is 1. The van der Waals surface area contributed by atoms with Crippen LogP contribution < -0.4 is 0 Å². The van der Waals surface area contributed by atoms with Gasteiger partial charge in [-0.15, -0.1) is 5.10 Å². The lowest BCUT2D eigenvalue weighted by atomic mass is 9.85. The van der Waals surface area contributed by atoms with Gasteiger partial charge in [0.05, 0.1) is 18.0 Å². The molecule has 4 rings (SSSR count). The van der Waals surface area contributed by atoms with Crippen molar-refractivity contribution in [2.75, 3.05) is 13.1 Å². The lowest BCUT2D eigenvalue weighted by Gasteiger charge is -2.30. The van der Waals surface area contributed by atoms with Gasteiger partial charge in [-0.3, -0.25) is 9.69 Å². The number of carboxylic acids is 1. The molecular formula is C23H27ClN4O3. The second-order valence-electron chi connectivity index (χ2n) is 8.39. The highest BCUT2D eigenvalue weighted by Gasteiger charge is 2.24. The topological polar surface area (TPSA) is 91.5 Å². The summed E-state index contributed by atoms with van der Waals surface area (Å²) in [7, 11) is 1.84. The monoisotopic (exact) mass is 442 g/mol. The zero-order valence-electron chi connectivity index (χ0n) is 17.8. The van der Waals surface area contributed by atoms with Crippen LogP contribution in [0.4, 0.5) is 0 Å². The van der Waals surface area contributed by atoms with Crippen molar-refractivity contribution in [2.45, 2.75) is 44.8 Å². The van der Waals surface area contributed by atoms with Crippen molar-refractivity contribution >= 4 is 28.6 Å². The summed E-state index contributed by atoms with van der Waals surface area (Å²) in [5.41, 5.74) is 5.42. The molecule has 8 heteroatoms. The molecule has 7 nitrogen and oxygen atoms in total. The van der Waals surface area contributed by atoms with Crippen LogP contribution in [0.25, 0.3) is 11.0 Å². The van der Waals surface area contributed by atoms with Crippen LogP contribution in [-0.2, 0) is 18.4 Å². The molecule has 2 N–H and O–H groups in total. The van der Waals surface area contributed by atoms with Gasteiger partial charge in [0.15, 0.2) is 0 Å². The number of aryl methyl sites for hydroxylation is 2. The van der Waals surface area contributed by atoms with Gasteiger partial charge in [-0.1, -0.05) is 35.0 Å². The van der Waals surface area contributed by atoms with Crippen LogP contribution in [0.15, 0.2) is 30.3 Å². The van der Waals surface area contributed by atoms with Gasteiger partial charge in [0.1, 0.15) is 5.52 Å². The molecule has 1 aromatic heterocycles. The van der Waals surface area contributed by atoms with Crippen LogP contribution in [0.1, 0.15) is 47.4 Å². The number of benzene rings is 2. The molecule has 1 aliphatic heterocycles. The number of β-amino-alcohol motifs (C(OH)–C–C–N with tert-alkyl or cyclic N) is 1. The number of rotatable bonds is 6. The summed E-state index contributed by atoms with van der Waals surface area (Å²) in [6.07, 6.45) is 1.44. The van der Waals surface area contributed by atoms with Crippen LogP contribution in [0, 0.1) is 6.92 Å². The largest absolute Gasteiger partial charge is 0.481 e. The van der Waals surface area contributed by atoms with E-state index >= 15 is 0 Å². The summed E-state index contributed by atoms with van der Waals surface area (Å²) in [6, 6.07) is 9.68. The van der Waals surface area contributed by atoms with Crippen molar-refractivity contribution in [3.8, 4) is 0 Å². The van der Waals surface area contributed by atoms with Gasteiger partial charge in [-0.05, 0) is 60.7 Å². The van der Waals surface area contributed by atoms with Gasteiger partial charge < -0.3 is 10.2 Å². The van der Waals surface area contributed by atoms with Gasteiger partial charge in [0.2, 0.25) is 0 Å². The van der Waals surface area contributed by atoms with Crippen molar-refractivity contribution in [2.24, 2.45) is 7.05 Å². The molecule has 2 aromatic carbocycles. The SMILES string of the molecule is Cc1c(C(CC(=O)O)c2ccc(Cl)c(CN3CCCC(O)C3)c2)ccc2c1nnn2C. The number of fused-ring (bicyclic) bond motifs is 1. The third-order valence-corrected chi connectivity index (χ3v) is 6.55. The number of aromatic nitrogens is 3. The summed E-state index contributed by atoms with van der Waals surface area (Å²) >= 11 is 6.49. The summed E-state index contributed by atoms with van der Waals surface area (Å²) in [5, 5.41) is 28.6. The van der Waals surface area contributed by atoms with E-state index in [9.17, 15) is 15.0 Å². The third-order valence-electron chi connectivity index (χ3n) is 6.18. The maximum Gasteiger partial charge on any atom is 0.304 e. The molecule has 0 radical (unpaired) electrons. The summed E-state index contributed by atoms with van der Waals surface area (Å²) in [4.78, 5) is 13.9. The molecule has 1 aliphatic rings. The standard InChI is InChI=1S/C23H27ClN4O3/c1-14-18(6-8-21-23(14)25-26-27(21)2)19(11-22(30)31)15-5-7-20(24)16(10-15)12-28-9-3-4-17(29)13-28/h5-8,10,17,19,29H,3-4,9,11-13H2,1-2H3,(H,30,31). The zero-order valence-corrected chi connectivity index (χ0v) is 18.5. The maximum atomic E-state index is 11.7. The molecule has 31 heavy (non-hydrogen) atoms. The van der Waals surface area contributed by atoms with E-state index in [0.717, 1.165) is 52.7 Å². The molecule has 3 aromatic rings. The van der Waals surface area contributed by atoms with E-state index in [2.05, 4.69) is 15.2 Å². The highest BCUT2D eigenvalue weighted by atomic mass is 35.5. The molecule has 164 valence electrons. The maximum absolute atomic E-state index is 11.7. The molecule has 0 bridgehead atoms. The second-order valence-corrected chi connectivity index (χ2v) is 8.80. The predicted molar refractivity (Wildman–Crippen MR) is 119 cm³/mol. The fourth-order valence-corrected chi connectivity index (χ4v) is 4.73. The van der Waals surface area contributed by atoms with Crippen molar-refractivity contribution in [3.63, 3.8) is 0 Å². The molecule has 0 aliphatic carbocycles. The third kappa shape index (κ3) is 4.59. The Balaban J connectivity index is 1.71. The fraction of sp³-hybridized carbons (Fsp3) is 0.435. The van der Waals surface area contributed by atoms with Crippen LogP contribution in [0.2, 0.25) is 5.02 Å². The number of carboxylic acid groups (broad SMARTS) is 1. The van der Waals surface area contributed by atoms with Crippen molar-refractivity contribution in [3.05, 3.63) is 57.6 Å². The number of carbonyl (C=O) groups is 1. The van der Waals surface area contributed by atoms with E-state index in [1.807, 2.05) is 44.3 Å². The van der Waals surface area contributed by atoms with E-state index in [1.54, 1.807) is 4.68 Å². The number of nitrogens with zero attached hydrogens (tertiary/aromatic N) is 4. The minimum Gasteiger partial charge on any atom is -0.481 e. The van der Waals surface area contributed by atoms with Crippen LogP contribution in [-0.4, -0.2) is 55.3 Å². The summed E-state index contributed by atoms with van der Waals surface area (Å²) < 4.78 is 1.71. The predicted octanol–water partition coefficient (Wildman–Crippen LogP) is 3.49. The van der Waals surface area contributed by atoms with E-state index in [0.29, 0.717) is 18.1 Å². The number of aliphatic hydroxyl groups is 1. The Kier molecular flexibility index (Phi) is 6.27. The number of piperidine rings is 1. The van der Waals surface area contributed by atoms with Crippen molar-refractivity contribution in [1.29, 1.82) is 0 Å². The first-order chi connectivity index (χ1) is 14.8. The van der Waals surface area contributed by atoms with Gasteiger partial charge in [-0.25, -0.2) is 4.68 Å². The first-order valence-corrected chi connectivity index (χ1v) is 10.9. The Morgan fingerprint density at radius 1 is 1.32 bits per heavy atom. The Morgan fingerprint density at radius 3 is 2.87 bits per heavy atom. The second kappa shape index (κ2) is 8.94. The van der Waals surface area contributed by atoms with Crippen LogP contribution >= 0.6 is 11.6 Å².